The van der Waals surface area contributed by atoms with Gasteiger partial charge in [0, 0.05) is 6.54 Å². The van der Waals surface area contributed by atoms with E-state index in [0.717, 1.165) is 6.54 Å². The topological polar surface area (TPSA) is 78.0 Å². The third kappa shape index (κ3) is 12.3. The molecule has 0 rings (SSSR count). The highest BCUT2D eigenvalue weighted by molar-refractivity contribution is 5.69. The number of methoxy groups -OCH3 is 1. The Morgan fingerprint density at radius 3 is 2.25 bits per heavy atom. The fraction of sp³-hybridized carbons (Fsp3) is 0.923. The van der Waals surface area contributed by atoms with E-state index in [4.69, 9.17) is 14.2 Å². The van der Waals surface area contributed by atoms with E-state index in [-0.39, 0.29) is 18.4 Å². The summed E-state index contributed by atoms with van der Waals surface area (Å²) in [6.45, 7) is 4.02. The smallest absolute Gasteiger partial charge is 0.307 e. The van der Waals surface area contributed by atoms with Gasteiger partial charge in [-0.1, -0.05) is 0 Å². The Labute approximate surface area is 121 Å². The number of carbonyl (C=O) groups excluding carboxylic acids is 1. The zero-order valence-electron chi connectivity index (χ0n) is 12.8. The lowest BCUT2D eigenvalue weighted by Gasteiger charge is -2.16. The molecular formula is C13H28N2O5. The largest absolute Gasteiger partial charge is 0.469 e. The van der Waals surface area contributed by atoms with Crippen molar-refractivity contribution in [2.24, 2.45) is 0 Å². The Kier molecular flexibility index (Phi) is 14.1. The average Bonchev–Trinajstić information content (AvgIpc) is 2.48. The summed E-state index contributed by atoms with van der Waals surface area (Å²) in [6.07, 6.45) is 0.273. The van der Waals surface area contributed by atoms with Crippen LogP contribution in [0.4, 0.5) is 0 Å². The number of rotatable bonds is 14. The molecule has 0 radical (unpaired) electrons. The summed E-state index contributed by atoms with van der Waals surface area (Å²) >= 11 is 0. The fourth-order valence-corrected chi connectivity index (χ4v) is 1.32. The summed E-state index contributed by atoms with van der Waals surface area (Å²) in [7, 11) is 5.13. The predicted octanol–water partition coefficient (Wildman–Crippen LogP) is -0.593. The van der Waals surface area contributed by atoms with Gasteiger partial charge in [0.15, 0.2) is 0 Å². The van der Waals surface area contributed by atoms with Gasteiger partial charge in [0.25, 0.3) is 0 Å². The number of esters is 1. The van der Waals surface area contributed by atoms with E-state index in [1.807, 2.05) is 14.1 Å². The minimum absolute atomic E-state index is 0.168. The van der Waals surface area contributed by atoms with Crippen molar-refractivity contribution in [1.29, 1.82) is 0 Å². The second-order valence-electron chi connectivity index (χ2n) is 4.18. The van der Waals surface area contributed by atoms with Gasteiger partial charge in [0.2, 0.25) is 0 Å². The first kappa shape index (κ1) is 19.3. The highest BCUT2D eigenvalue weighted by Gasteiger charge is 2.06. The normalized spacial score (nSPS) is 12.3. The molecule has 1 atom stereocenters. The van der Waals surface area contributed by atoms with E-state index in [0.29, 0.717) is 39.6 Å². The molecule has 0 fully saturated rings. The molecule has 120 valence electrons. The Hall–Kier alpha value is -0.730. The van der Waals surface area contributed by atoms with Gasteiger partial charge in [-0.3, -0.25) is 4.79 Å². The van der Waals surface area contributed by atoms with Crippen LogP contribution in [-0.4, -0.2) is 79.4 Å². The molecule has 0 amide bonds. The molecule has 0 spiro atoms. The SMILES string of the molecule is CNCCOCC(COCCOCCC(=O)OC)NC. The van der Waals surface area contributed by atoms with E-state index in [2.05, 4.69) is 15.4 Å². The van der Waals surface area contributed by atoms with Gasteiger partial charge in [-0.25, -0.2) is 0 Å². The molecule has 0 aliphatic carbocycles. The lowest BCUT2D eigenvalue weighted by atomic mass is 10.3. The van der Waals surface area contributed by atoms with Crippen LogP contribution in [0.15, 0.2) is 0 Å². The maximum Gasteiger partial charge on any atom is 0.307 e. The Morgan fingerprint density at radius 2 is 1.65 bits per heavy atom. The van der Waals surface area contributed by atoms with Crippen molar-refractivity contribution in [3.63, 3.8) is 0 Å². The zero-order chi connectivity index (χ0) is 15.1. The Bertz CT molecular complexity index is 229. The molecule has 7 heteroatoms. The highest BCUT2D eigenvalue weighted by Crippen LogP contribution is 1.90. The summed E-state index contributed by atoms with van der Waals surface area (Å²) in [5, 5.41) is 6.15. The van der Waals surface area contributed by atoms with Crippen molar-refractivity contribution in [3.8, 4) is 0 Å². The van der Waals surface area contributed by atoms with Crippen LogP contribution in [0.1, 0.15) is 6.42 Å². The molecule has 7 nitrogen and oxygen atoms in total. The fourth-order valence-electron chi connectivity index (χ4n) is 1.32. The van der Waals surface area contributed by atoms with E-state index >= 15 is 0 Å². The molecule has 0 aromatic carbocycles. The van der Waals surface area contributed by atoms with Crippen LogP contribution in [-0.2, 0) is 23.7 Å². The van der Waals surface area contributed by atoms with Gasteiger partial charge in [-0.15, -0.1) is 0 Å². The molecule has 0 aliphatic rings. The van der Waals surface area contributed by atoms with E-state index in [1.165, 1.54) is 7.11 Å². The van der Waals surface area contributed by atoms with Gasteiger partial charge in [-0.2, -0.15) is 0 Å². The van der Waals surface area contributed by atoms with Crippen molar-refractivity contribution < 1.29 is 23.7 Å². The summed E-state index contributed by atoms with van der Waals surface area (Å²) in [5.74, 6) is -0.264. The molecular weight excluding hydrogens is 264 g/mol. The molecule has 0 aromatic heterocycles. The Morgan fingerprint density at radius 1 is 1.00 bits per heavy atom. The minimum atomic E-state index is -0.264. The van der Waals surface area contributed by atoms with Gasteiger partial charge in [0.05, 0.1) is 59.2 Å². The number of carbonyl (C=O) groups is 1. The molecule has 0 aliphatic heterocycles. The summed E-state index contributed by atoms with van der Waals surface area (Å²) < 4.78 is 20.7. The molecule has 2 N–H and O–H groups in total. The lowest BCUT2D eigenvalue weighted by Crippen LogP contribution is -2.36. The number of hydrogen-bond acceptors (Lipinski definition) is 7. The first-order chi connectivity index (χ1) is 9.74. The first-order valence-electron chi connectivity index (χ1n) is 6.86. The molecule has 0 saturated heterocycles. The van der Waals surface area contributed by atoms with Gasteiger partial charge in [0.1, 0.15) is 0 Å². The number of hydrogen-bond donors (Lipinski definition) is 2. The van der Waals surface area contributed by atoms with Crippen LogP contribution in [0.2, 0.25) is 0 Å². The molecule has 0 aromatic rings. The molecule has 0 bridgehead atoms. The van der Waals surface area contributed by atoms with Crippen molar-refractivity contribution >= 4 is 5.97 Å². The second-order valence-corrected chi connectivity index (χ2v) is 4.18. The Balaban J connectivity index is 3.35. The third-order valence-corrected chi connectivity index (χ3v) is 2.59. The summed E-state index contributed by atoms with van der Waals surface area (Å²) in [6, 6.07) is 0.168. The van der Waals surface area contributed by atoms with Crippen LogP contribution < -0.4 is 10.6 Å². The number of nitrogens with one attached hydrogen (secondary N) is 2. The second kappa shape index (κ2) is 14.7. The van der Waals surface area contributed by atoms with Crippen LogP contribution in [0.5, 0.6) is 0 Å². The van der Waals surface area contributed by atoms with Crippen molar-refractivity contribution in [3.05, 3.63) is 0 Å². The molecule has 0 heterocycles. The van der Waals surface area contributed by atoms with Gasteiger partial charge in [-0.05, 0) is 14.1 Å². The number of likely N-dealkylation sites (N-methyl/N-ethyl adjacent to an activating group) is 2. The number of ether oxygens (including phenoxy) is 4. The van der Waals surface area contributed by atoms with E-state index < -0.39 is 0 Å². The lowest BCUT2D eigenvalue weighted by molar-refractivity contribution is -0.141. The average molecular weight is 292 g/mol. The minimum Gasteiger partial charge on any atom is -0.469 e. The van der Waals surface area contributed by atoms with Gasteiger partial charge >= 0.3 is 5.97 Å². The van der Waals surface area contributed by atoms with Crippen LogP contribution in [0.25, 0.3) is 0 Å². The van der Waals surface area contributed by atoms with Crippen molar-refractivity contribution in [1.82, 2.24) is 10.6 Å². The monoisotopic (exact) mass is 292 g/mol. The van der Waals surface area contributed by atoms with Crippen LogP contribution in [0.3, 0.4) is 0 Å². The molecule has 1 unspecified atom stereocenters. The standard InChI is InChI=1S/C13H28N2O5/c1-14-5-7-19-10-12(15-2)11-20-9-8-18-6-4-13(16)17-3/h12,14-15H,4-11H2,1-3H3. The third-order valence-electron chi connectivity index (χ3n) is 2.59. The first-order valence-corrected chi connectivity index (χ1v) is 6.86. The molecule has 20 heavy (non-hydrogen) atoms. The van der Waals surface area contributed by atoms with Crippen LogP contribution >= 0.6 is 0 Å². The quantitative estimate of drug-likeness (QED) is 0.327. The maximum atomic E-state index is 10.8. The van der Waals surface area contributed by atoms with Gasteiger partial charge < -0.3 is 29.6 Å². The highest BCUT2D eigenvalue weighted by atomic mass is 16.5. The molecule has 0 saturated carbocycles. The predicted molar refractivity (Wildman–Crippen MR) is 75.9 cm³/mol. The van der Waals surface area contributed by atoms with Crippen molar-refractivity contribution in [2.75, 3.05) is 67.4 Å². The summed E-state index contributed by atoms with van der Waals surface area (Å²) in [4.78, 5) is 10.8. The van der Waals surface area contributed by atoms with E-state index in [1.54, 1.807) is 0 Å². The summed E-state index contributed by atoms with van der Waals surface area (Å²) in [5.41, 5.74) is 0. The zero-order valence-corrected chi connectivity index (χ0v) is 12.8. The van der Waals surface area contributed by atoms with Crippen molar-refractivity contribution in [2.45, 2.75) is 12.5 Å². The van der Waals surface area contributed by atoms with Crippen LogP contribution in [0, 0.1) is 0 Å². The van der Waals surface area contributed by atoms with E-state index in [9.17, 15) is 4.79 Å². The maximum absolute atomic E-state index is 10.8.